The van der Waals surface area contributed by atoms with Crippen LogP contribution in [0.25, 0.3) is 10.9 Å². The van der Waals surface area contributed by atoms with Crippen molar-refractivity contribution in [2.45, 2.75) is 38.8 Å². The standard InChI is InChI=1S/C27H30N2O6/c1-16-11-10-14-18-20-23(28(4)21(16)18)22(19(24(30)33-5)25(31)34-6)29(26(32)27(20,2)3)35-15-17-12-8-7-9-13-17/h7-14,19,22H,15H2,1-6H3. The highest BCUT2D eigenvalue weighted by Gasteiger charge is 2.55. The number of nitrogens with zero attached hydrogens (tertiary/aromatic N) is 2. The van der Waals surface area contributed by atoms with Crippen molar-refractivity contribution in [3.05, 3.63) is 70.9 Å². The van der Waals surface area contributed by atoms with Crippen LogP contribution >= 0.6 is 0 Å². The Morgan fingerprint density at radius 2 is 1.63 bits per heavy atom. The van der Waals surface area contributed by atoms with Crippen molar-refractivity contribution in [2.24, 2.45) is 13.0 Å². The lowest BCUT2D eigenvalue weighted by Crippen LogP contribution is -2.54. The van der Waals surface area contributed by atoms with Crippen molar-refractivity contribution in [2.75, 3.05) is 14.2 Å². The number of carbonyl (C=O) groups excluding carboxylic acids is 3. The average Bonchev–Trinajstić information content (AvgIpc) is 3.16. The first kappa shape index (κ1) is 24.5. The fourth-order valence-corrected chi connectivity index (χ4v) is 5.11. The molecule has 3 aromatic rings. The maximum absolute atomic E-state index is 14.0. The van der Waals surface area contributed by atoms with Gasteiger partial charge in [-0.3, -0.25) is 19.2 Å². The van der Waals surface area contributed by atoms with Crippen molar-refractivity contribution < 1.29 is 28.7 Å². The number of para-hydroxylation sites is 1. The maximum Gasteiger partial charge on any atom is 0.322 e. The maximum atomic E-state index is 14.0. The Bertz CT molecular complexity index is 1280. The number of hydrogen-bond donors (Lipinski definition) is 0. The Morgan fingerprint density at radius 3 is 2.23 bits per heavy atom. The fraction of sp³-hybridized carbons (Fsp3) is 0.370. The molecule has 0 spiro atoms. The third-order valence-electron chi connectivity index (χ3n) is 6.79. The number of hydroxylamine groups is 2. The van der Waals surface area contributed by atoms with Crippen molar-refractivity contribution in [3.8, 4) is 0 Å². The van der Waals surface area contributed by atoms with E-state index < -0.39 is 29.3 Å². The molecule has 1 aliphatic rings. The highest BCUT2D eigenvalue weighted by molar-refractivity contribution is 6.02. The minimum Gasteiger partial charge on any atom is -0.468 e. The summed E-state index contributed by atoms with van der Waals surface area (Å²) in [6.45, 7) is 5.72. The van der Waals surface area contributed by atoms with Gasteiger partial charge in [0.1, 0.15) is 12.6 Å². The Kier molecular flexibility index (Phi) is 6.42. The number of esters is 2. The molecule has 0 N–H and O–H groups in total. The SMILES string of the molecule is COC(=O)C(C(=O)OC)C1c2c(c3cccc(C)c3n2C)C(C)(C)C(=O)N1OCc1ccccc1. The van der Waals surface area contributed by atoms with Gasteiger partial charge in [-0.1, -0.05) is 48.5 Å². The summed E-state index contributed by atoms with van der Waals surface area (Å²) in [5, 5.41) is 2.06. The molecule has 4 rings (SSSR count). The van der Waals surface area contributed by atoms with Gasteiger partial charge in [-0.15, -0.1) is 0 Å². The zero-order chi connectivity index (χ0) is 25.5. The van der Waals surface area contributed by atoms with E-state index in [4.69, 9.17) is 14.3 Å². The van der Waals surface area contributed by atoms with Crippen LogP contribution in [0.4, 0.5) is 0 Å². The Hall–Kier alpha value is -3.65. The van der Waals surface area contributed by atoms with Gasteiger partial charge in [-0.25, -0.2) is 5.06 Å². The lowest BCUT2D eigenvalue weighted by atomic mass is 9.75. The van der Waals surface area contributed by atoms with Gasteiger partial charge in [0.05, 0.1) is 25.2 Å². The van der Waals surface area contributed by atoms with Gasteiger partial charge in [0.15, 0.2) is 5.92 Å². The molecule has 2 aromatic carbocycles. The van der Waals surface area contributed by atoms with Gasteiger partial charge in [-0.05, 0) is 37.5 Å². The van der Waals surface area contributed by atoms with Crippen LogP contribution in [-0.2, 0) is 47.8 Å². The quantitative estimate of drug-likeness (QED) is 0.396. The van der Waals surface area contributed by atoms with E-state index in [2.05, 4.69) is 0 Å². The second-order valence-electron chi connectivity index (χ2n) is 9.27. The van der Waals surface area contributed by atoms with E-state index in [9.17, 15) is 14.4 Å². The van der Waals surface area contributed by atoms with E-state index >= 15 is 0 Å². The number of carbonyl (C=O) groups is 3. The first-order chi connectivity index (χ1) is 16.6. The number of aryl methyl sites for hydroxylation is 2. The number of ether oxygens (including phenoxy) is 2. The molecule has 1 unspecified atom stereocenters. The first-order valence-corrected chi connectivity index (χ1v) is 11.4. The van der Waals surface area contributed by atoms with Crippen LogP contribution in [0.15, 0.2) is 48.5 Å². The Morgan fingerprint density at radius 1 is 1.00 bits per heavy atom. The first-order valence-electron chi connectivity index (χ1n) is 11.4. The molecular formula is C27H30N2O6. The second kappa shape index (κ2) is 9.19. The fourth-order valence-electron chi connectivity index (χ4n) is 5.11. The van der Waals surface area contributed by atoms with Crippen LogP contribution in [0, 0.1) is 12.8 Å². The summed E-state index contributed by atoms with van der Waals surface area (Å²) in [6, 6.07) is 14.2. The molecule has 0 radical (unpaired) electrons. The van der Waals surface area contributed by atoms with Gasteiger partial charge in [0.2, 0.25) is 0 Å². The molecule has 1 amide bonds. The van der Waals surface area contributed by atoms with Gasteiger partial charge in [-0.2, -0.15) is 0 Å². The van der Waals surface area contributed by atoms with Crippen molar-refractivity contribution in [3.63, 3.8) is 0 Å². The topological polar surface area (TPSA) is 87.1 Å². The molecule has 0 fully saturated rings. The van der Waals surface area contributed by atoms with Gasteiger partial charge in [0, 0.05) is 18.1 Å². The zero-order valence-corrected chi connectivity index (χ0v) is 20.8. The van der Waals surface area contributed by atoms with Crippen LogP contribution in [0.2, 0.25) is 0 Å². The Labute approximate surface area is 204 Å². The van der Waals surface area contributed by atoms with Crippen LogP contribution in [-0.4, -0.2) is 41.7 Å². The summed E-state index contributed by atoms with van der Waals surface area (Å²) in [7, 11) is 4.27. The highest BCUT2D eigenvalue weighted by atomic mass is 16.7. The molecule has 0 saturated carbocycles. The summed E-state index contributed by atoms with van der Waals surface area (Å²) in [5.74, 6) is -3.42. The van der Waals surface area contributed by atoms with E-state index in [1.54, 1.807) is 0 Å². The number of methoxy groups -OCH3 is 2. The molecule has 1 aromatic heterocycles. The lowest BCUT2D eigenvalue weighted by Gasteiger charge is -2.43. The van der Waals surface area contributed by atoms with Crippen molar-refractivity contribution in [1.82, 2.24) is 9.63 Å². The zero-order valence-electron chi connectivity index (χ0n) is 20.8. The minimum absolute atomic E-state index is 0.0759. The minimum atomic E-state index is -1.44. The largest absolute Gasteiger partial charge is 0.468 e. The molecule has 8 heteroatoms. The Balaban J connectivity index is 1.99. The summed E-state index contributed by atoms with van der Waals surface area (Å²) in [6.07, 6.45) is 0. The average molecular weight is 479 g/mol. The predicted octanol–water partition coefficient (Wildman–Crippen LogP) is 3.74. The van der Waals surface area contributed by atoms with Gasteiger partial charge < -0.3 is 14.0 Å². The molecule has 8 nitrogen and oxygen atoms in total. The molecule has 0 saturated heterocycles. The number of benzene rings is 2. The predicted molar refractivity (Wildman–Crippen MR) is 129 cm³/mol. The van der Waals surface area contributed by atoms with E-state index in [0.29, 0.717) is 5.69 Å². The van der Waals surface area contributed by atoms with E-state index in [-0.39, 0.29) is 12.5 Å². The molecule has 2 heterocycles. The molecular weight excluding hydrogens is 448 g/mol. The lowest BCUT2D eigenvalue weighted by molar-refractivity contribution is -0.226. The van der Waals surface area contributed by atoms with E-state index in [1.165, 1.54) is 19.3 Å². The molecule has 184 valence electrons. The summed E-state index contributed by atoms with van der Waals surface area (Å²) < 4.78 is 11.9. The summed E-state index contributed by atoms with van der Waals surface area (Å²) >= 11 is 0. The monoisotopic (exact) mass is 478 g/mol. The summed E-state index contributed by atoms with van der Waals surface area (Å²) in [4.78, 5) is 46.0. The number of amides is 1. The highest BCUT2D eigenvalue weighted by Crippen LogP contribution is 2.49. The number of rotatable bonds is 6. The van der Waals surface area contributed by atoms with Crippen molar-refractivity contribution >= 4 is 28.7 Å². The van der Waals surface area contributed by atoms with Crippen LogP contribution in [0.5, 0.6) is 0 Å². The molecule has 0 aliphatic carbocycles. The van der Waals surface area contributed by atoms with Gasteiger partial charge in [0.25, 0.3) is 5.91 Å². The smallest absolute Gasteiger partial charge is 0.322 e. The molecule has 0 bridgehead atoms. The number of fused-ring (bicyclic) bond motifs is 3. The van der Waals surface area contributed by atoms with Crippen LogP contribution in [0.3, 0.4) is 0 Å². The normalized spacial score (nSPS) is 16.9. The molecule has 35 heavy (non-hydrogen) atoms. The third-order valence-corrected chi connectivity index (χ3v) is 6.79. The van der Waals surface area contributed by atoms with Gasteiger partial charge >= 0.3 is 11.9 Å². The van der Waals surface area contributed by atoms with Crippen LogP contribution < -0.4 is 0 Å². The van der Waals surface area contributed by atoms with E-state index in [1.807, 2.05) is 80.9 Å². The summed E-state index contributed by atoms with van der Waals surface area (Å²) in [5.41, 5.74) is 3.15. The molecule has 1 aliphatic heterocycles. The second-order valence-corrected chi connectivity index (χ2v) is 9.27. The number of aromatic nitrogens is 1. The van der Waals surface area contributed by atoms with Crippen molar-refractivity contribution in [1.29, 1.82) is 0 Å². The molecule has 1 atom stereocenters. The number of hydrogen-bond acceptors (Lipinski definition) is 6. The van der Waals surface area contributed by atoms with E-state index in [0.717, 1.165) is 27.6 Å². The third kappa shape index (κ3) is 3.87. The van der Waals surface area contributed by atoms with Crippen LogP contribution in [0.1, 0.15) is 42.3 Å².